The third-order valence-electron chi connectivity index (χ3n) is 4.22. The second kappa shape index (κ2) is 6.90. The number of hydrogen-bond acceptors (Lipinski definition) is 2. The summed E-state index contributed by atoms with van der Waals surface area (Å²) in [6, 6.07) is 0. The van der Waals surface area contributed by atoms with Crippen LogP contribution in [-0.2, 0) is 10.0 Å². The maximum absolute atomic E-state index is 12.2. The molecule has 1 rings (SSSR count). The SMILES string of the molecule is CC(C)C(CNS(=O)(=O)C1CCCCC1)C(C)C. The predicted octanol–water partition coefficient (Wildman–Crippen LogP) is 3.17. The average Bonchev–Trinajstić information content (AvgIpc) is 2.29. The summed E-state index contributed by atoms with van der Waals surface area (Å²) in [5.74, 6) is 1.45. The number of hydrogen-bond donors (Lipinski definition) is 1. The molecule has 4 heteroatoms. The van der Waals surface area contributed by atoms with Crippen LogP contribution < -0.4 is 4.72 Å². The number of sulfonamides is 1. The third-order valence-corrected chi connectivity index (χ3v) is 6.14. The molecule has 0 atom stereocenters. The zero-order valence-electron chi connectivity index (χ0n) is 12.3. The van der Waals surface area contributed by atoms with E-state index in [9.17, 15) is 8.42 Å². The van der Waals surface area contributed by atoms with E-state index in [1.54, 1.807) is 0 Å². The van der Waals surface area contributed by atoms with Crippen LogP contribution in [0.5, 0.6) is 0 Å². The molecule has 1 aliphatic carbocycles. The van der Waals surface area contributed by atoms with Gasteiger partial charge in [-0.15, -0.1) is 0 Å². The molecule has 0 saturated heterocycles. The van der Waals surface area contributed by atoms with Gasteiger partial charge < -0.3 is 0 Å². The first kappa shape index (κ1) is 16.0. The maximum atomic E-state index is 12.2. The summed E-state index contributed by atoms with van der Waals surface area (Å²) in [6.07, 6.45) is 4.98. The molecule has 1 saturated carbocycles. The van der Waals surface area contributed by atoms with Gasteiger partial charge in [0.1, 0.15) is 0 Å². The van der Waals surface area contributed by atoms with E-state index in [-0.39, 0.29) is 5.25 Å². The maximum Gasteiger partial charge on any atom is 0.214 e. The summed E-state index contributed by atoms with van der Waals surface area (Å²) in [7, 11) is -3.10. The van der Waals surface area contributed by atoms with Crippen LogP contribution in [0.4, 0.5) is 0 Å². The molecule has 0 aromatic rings. The van der Waals surface area contributed by atoms with Crippen molar-refractivity contribution in [1.29, 1.82) is 0 Å². The van der Waals surface area contributed by atoms with Gasteiger partial charge in [-0.05, 0) is 30.6 Å². The highest BCUT2D eigenvalue weighted by atomic mass is 32.2. The van der Waals surface area contributed by atoms with Crippen molar-refractivity contribution in [2.75, 3.05) is 6.54 Å². The lowest BCUT2D eigenvalue weighted by Crippen LogP contribution is -2.40. The van der Waals surface area contributed by atoms with Crippen molar-refractivity contribution in [1.82, 2.24) is 4.72 Å². The quantitative estimate of drug-likeness (QED) is 0.809. The van der Waals surface area contributed by atoms with Gasteiger partial charge in [-0.2, -0.15) is 0 Å². The molecule has 0 bridgehead atoms. The molecule has 108 valence electrons. The molecule has 18 heavy (non-hydrogen) atoms. The first-order valence-electron chi connectivity index (χ1n) is 7.33. The molecule has 3 nitrogen and oxygen atoms in total. The Morgan fingerprint density at radius 3 is 1.94 bits per heavy atom. The van der Waals surface area contributed by atoms with Gasteiger partial charge in [-0.1, -0.05) is 47.0 Å². The second-order valence-electron chi connectivity index (χ2n) is 6.31. The summed E-state index contributed by atoms with van der Waals surface area (Å²) >= 11 is 0. The minimum Gasteiger partial charge on any atom is -0.215 e. The molecule has 0 unspecified atom stereocenters. The Morgan fingerprint density at radius 2 is 1.50 bits per heavy atom. The van der Waals surface area contributed by atoms with Crippen molar-refractivity contribution in [2.24, 2.45) is 17.8 Å². The Kier molecular flexibility index (Phi) is 6.12. The lowest BCUT2D eigenvalue weighted by Gasteiger charge is -2.27. The Balaban J connectivity index is 2.54. The minimum atomic E-state index is -3.10. The van der Waals surface area contributed by atoms with Gasteiger partial charge in [0.15, 0.2) is 0 Å². The summed E-state index contributed by atoms with van der Waals surface area (Å²) in [6.45, 7) is 9.26. The molecule has 1 fully saturated rings. The largest absolute Gasteiger partial charge is 0.215 e. The standard InChI is InChI=1S/C14H29NO2S/c1-11(2)14(12(3)4)10-15-18(16,17)13-8-6-5-7-9-13/h11-15H,5-10H2,1-4H3. The summed E-state index contributed by atoms with van der Waals surface area (Å²) in [5, 5.41) is -0.147. The van der Waals surface area contributed by atoms with Gasteiger partial charge >= 0.3 is 0 Å². The van der Waals surface area contributed by atoms with Gasteiger partial charge in [0.05, 0.1) is 5.25 Å². The highest BCUT2D eigenvalue weighted by Gasteiger charge is 2.28. The molecule has 0 spiro atoms. The fourth-order valence-corrected chi connectivity index (χ4v) is 4.56. The van der Waals surface area contributed by atoms with E-state index in [1.807, 2.05) is 0 Å². The molecule has 0 amide bonds. The molecule has 0 heterocycles. The van der Waals surface area contributed by atoms with E-state index in [1.165, 1.54) is 6.42 Å². The molecule has 0 aromatic carbocycles. The van der Waals surface area contributed by atoms with Crippen LogP contribution in [0, 0.1) is 17.8 Å². The van der Waals surface area contributed by atoms with Crippen molar-refractivity contribution in [3.05, 3.63) is 0 Å². The van der Waals surface area contributed by atoms with Crippen LogP contribution in [0.2, 0.25) is 0 Å². The van der Waals surface area contributed by atoms with E-state index < -0.39 is 10.0 Å². The zero-order valence-corrected chi connectivity index (χ0v) is 13.1. The molecule has 1 aliphatic rings. The predicted molar refractivity (Wildman–Crippen MR) is 77.0 cm³/mol. The molecular weight excluding hydrogens is 246 g/mol. The normalized spacial score (nSPS) is 19.1. The molecule has 0 aromatic heterocycles. The van der Waals surface area contributed by atoms with E-state index in [0.29, 0.717) is 24.3 Å². The Morgan fingerprint density at radius 1 is 1.00 bits per heavy atom. The van der Waals surface area contributed by atoms with Crippen molar-refractivity contribution in [3.8, 4) is 0 Å². The molecule has 0 aliphatic heterocycles. The number of rotatable bonds is 6. The van der Waals surface area contributed by atoms with Crippen molar-refractivity contribution in [2.45, 2.75) is 65.0 Å². The highest BCUT2D eigenvalue weighted by molar-refractivity contribution is 7.90. The smallest absolute Gasteiger partial charge is 0.214 e. The third kappa shape index (κ3) is 4.54. The zero-order chi connectivity index (χ0) is 13.8. The van der Waals surface area contributed by atoms with Crippen LogP contribution in [0.1, 0.15) is 59.8 Å². The lowest BCUT2D eigenvalue weighted by atomic mass is 9.86. The first-order chi connectivity index (χ1) is 8.34. The van der Waals surface area contributed by atoms with E-state index >= 15 is 0 Å². The average molecular weight is 275 g/mol. The van der Waals surface area contributed by atoms with Crippen LogP contribution in [0.25, 0.3) is 0 Å². The minimum absolute atomic E-state index is 0.147. The monoisotopic (exact) mass is 275 g/mol. The molecular formula is C14H29NO2S. The topological polar surface area (TPSA) is 46.2 Å². The van der Waals surface area contributed by atoms with Gasteiger partial charge in [0, 0.05) is 6.54 Å². The number of nitrogens with one attached hydrogen (secondary N) is 1. The lowest BCUT2D eigenvalue weighted by molar-refractivity contribution is 0.288. The summed E-state index contributed by atoms with van der Waals surface area (Å²) < 4.78 is 27.3. The Labute approximate surface area is 113 Å². The van der Waals surface area contributed by atoms with E-state index in [4.69, 9.17) is 0 Å². The molecule has 1 N–H and O–H groups in total. The van der Waals surface area contributed by atoms with Gasteiger partial charge in [0.2, 0.25) is 10.0 Å². The van der Waals surface area contributed by atoms with Crippen molar-refractivity contribution >= 4 is 10.0 Å². The fraction of sp³-hybridized carbons (Fsp3) is 1.00. The van der Waals surface area contributed by atoms with Gasteiger partial charge in [0.25, 0.3) is 0 Å². The van der Waals surface area contributed by atoms with E-state index in [0.717, 1.165) is 25.7 Å². The second-order valence-corrected chi connectivity index (χ2v) is 8.35. The Bertz CT molecular complexity index is 322. The molecule has 0 radical (unpaired) electrons. The highest BCUT2D eigenvalue weighted by Crippen LogP contribution is 2.24. The van der Waals surface area contributed by atoms with Gasteiger partial charge in [-0.25, -0.2) is 13.1 Å². The van der Waals surface area contributed by atoms with Crippen LogP contribution in [0.15, 0.2) is 0 Å². The fourth-order valence-electron chi connectivity index (χ4n) is 2.95. The van der Waals surface area contributed by atoms with Crippen LogP contribution in [-0.4, -0.2) is 20.2 Å². The van der Waals surface area contributed by atoms with Crippen LogP contribution >= 0.6 is 0 Å². The van der Waals surface area contributed by atoms with E-state index in [2.05, 4.69) is 32.4 Å². The summed E-state index contributed by atoms with van der Waals surface area (Å²) in [5.41, 5.74) is 0. The first-order valence-corrected chi connectivity index (χ1v) is 8.87. The van der Waals surface area contributed by atoms with Gasteiger partial charge in [-0.3, -0.25) is 0 Å². The Hall–Kier alpha value is -0.0900. The van der Waals surface area contributed by atoms with Crippen molar-refractivity contribution < 1.29 is 8.42 Å². The summed E-state index contributed by atoms with van der Waals surface area (Å²) in [4.78, 5) is 0. The van der Waals surface area contributed by atoms with Crippen molar-refractivity contribution in [3.63, 3.8) is 0 Å². The van der Waals surface area contributed by atoms with Crippen LogP contribution in [0.3, 0.4) is 0 Å².